The Morgan fingerprint density at radius 1 is 1.33 bits per heavy atom. The van der Waals surface area contributed by atoms with Gasteiger partial charge in [0.05, 0.1) is 22.2 Å². The largest absolute Gasteiger partial charge is 0.506 e. The van der Waals surface area contributed by atoms with Crippen molar-refractivity contribution < 1.29 is 14.6 Å². The van der Waals surface area contributed by atoms with Crippen molar-refractivity contribution in [2.75, 3.05) is 20.7 Å². The van der Waals surface area contributed by atoms with Crippen molar-refractivity contribution in [1.82, 2.24) is 9.47 Å². The van der Waals surface area contributed by atoms with Crippen LogP contribution >= 0.6 is 26.8 Å². The van der Waals surface area contributed by atoms with Gasteiger partial charge in [-0.3, -0.25) is 0 Å². The number of ether oxygens (including phenoxy) is 1. The molecule has 2 heterocycles. The van der Waals surface area contributed by atoms with Gasteiger partial charge in [0.25, 0.3) is 0 Å². The number of phenols is 1. The third kappa shape index (κ3) is 3.81. The fourth-order valence-corrected chi connectivity index (χ4v) is 5.53. The first-order chi connectivity index (χ1) is 12.8. The zero-order chi connectivity index (χ0) is 19.7. The van der Waals surface area contributed by atoms with Crippen molar-refractivity contribution in [2.24, 2.45) is 7.05 Å². The van der Waals surface area contributed by atoms with Crippen LogP contribution in [0.1, 0.15) is 28.5 Å². The lowest BCUT2D eigenvalue weighted by Gasteiger charge is -2.15. The number of aryl methyl sites for hydroxylation is 1. The molecular formula is C20H25BrN2O3S. The van der Waals surface area contributed by atoms with E-state index in [-0.39, 0.29) is 11.7 Å². The first-order valence-electron chi connectivity index (χ1n) is 8.79. The van der Waals surface area contributed by atoms with Crippen molar-refractivity contribution in [3.63, 3.8) is 0 Å². The molecule has 0 fully saturated rings. The highest BCUT2D eigenvalue weighted by Crippen LogP contribution is 2.43. The monoisotopic (exact) mass is 452 g/mol. The number of rotatable bonds is 6. The lowest BCUT2D eigenvalue weighted by atomic mass is 10.0. The third-order valence-electron chi connectivity index (χ3n) is 4.59. The number of hydrogen-bond donors (Lipinski definition) is 2. The Balaban J connectivity index is 2.31. The van der Waals surface area contributed by atoms with Gasteiger partial charge in [-0.2, -0.15) is 0 Å². The van der Waals surface area contributed by atoms with Crippen LogP contribution in [0.5, 0.6) is 5.75 Å². The van der Waals surface area contributed by atoms with Crippen LogP contribution in [-0.2, 0) is 24.1 Å². The zero-order valence-corrected chi connectivity index (χ0v) is 18.5. The van der Waals surface area contributed by atoms with E-state index in [4.69, 9.17) is 4.74 Å². The summed E-state index contributed by atoms with van der Waals surface area (Å²) < 4.78 is 8.09. The van der Waals surface area contributed by atoms with Crippen LogP contribution in [0.2, 0.25) is 0 Å². The predicted octanol–water partition coefficient (Wildman–Crippen LogP) is 4.43. The summed E-state index contributed by atoms with van der Waals surface area (Å²) in [7, 11) is 5.42. The Bertz CT molecular complexity index is 935. The molecule has 0 atom stereocenters. The third-order valence-corrected chi connectivity index (χ3v) is 6.97. The standard InChI is InChI=1S/C20H25BrN2O3S/c1-5-26-20(25)18-16(12-27-8-6-7-9-27)23(4)15-10-14(21)19(24)13(17(15)18)11-22(2)3/h6-10,24,27H,5,11-12H2,1-4H3. The predicted molar refractivity (Wildman–Crippen MR) is 117 cm³/mol. The van der Waals surface area contributed by atoms with Crippen molar-refractivity contribution >= 4 is 43.7 Å². The molecule has 5 nitrogen and oxygen atoms in total. The summed E-state index contributed by atoms with van der Waals surface area (Å²) in [5.41, 5.74) is 3.17. The lowest BCUT2D eigenvalue weighted by molar-refractivity contribution is 0.0527. The Morgan fingerprint density at radius 3 is 2.59 bits per heavy atom. The molecule has 1 aromatic heterocycles. The second kappa shape index (κ2) is 8.12. The number of carbonyl (C=O) groups excluding carboxylic acids is 1. The molecule has 1 N–H and O–H groups in total. The Morgan fingerprint density at radius 2 is 2.00 bits per heavy atom. The van der Waals surface area contributed by atoms with Crippen LogP contribution in [-0.4, -0.2) is 41.2 Å². The smallest absolute Gasteiger partial charge is 0.340 e. The molecule has 0 saturated heterocycles. The highest BCUT2D eigenvalue weighted by atomic mass is 79.9. The highest BCUT2D eigenvalue weighted by molar-refractivity contribution is 9.10. The number of thiol groups is 1. The van der Waals surface area contributed by atoms with E-state index in [0.29, 0.717) is 23.2 Å². The van der Waals surface area contributed by atoms with Crippen molar-refractivity contribution in [3.8, 4) is 5.75 Å². The Kier molecular flexibility index (Phi) is 6.03. The van der Waals surface area contributed by atoms with E-state index in [1.165, 1.54) is 0 Å². The fraction of sp³-hybridized carbons (Fsp3) is 0.350. The van der Waals surface area contributed by atoms with Crippen LogP contribution in [0.3, 0.4) is 0 Å². The molecule has 146 valence electrons. The topological polar surface area (TPSA) is 54.7 Å². The Hall–Kier alpha value is -1.70. The molecule has 27 heavy (non-hydrogen) atoms. The number of hydrogen-bond acceptors (Lipinski definition) is 4. The first kappa shape index (κ1) is 20.0. The summed E-state index contributed by atoms with van der Waals surface area (Å²) in [6.45, 7) is 2.64. The van der Waals surface area contributed by atoms with Crippen molar-refractivity contribution in [3.05, 3.63) is 50.3 Å². The average molecular weight is 453 g/mol. The maximum Gasteiger partial charge on any atom is 0.340 e. The summed E-state index contributed by atoms with van der Waals surface area (Å²) in [4.78, 5) is 14.9. The molecule has 2 aromatic rings. The van der Waals surface area contributed by atoms with Gasteiger partial charge in [-0.05, 0) is 53.8 Å². The molecule has 0 unspecified atom stereocenters. The van der Waals surface area contributed by atoms with Crippen molar-refractivity contribution in [2.45, 2.75) is 19.2 Å². The van der Waals surface area contributed by atoms with Crippen molar-refractivity contribution in [1.29, 1.82) is 0 Å². The van der Waals surface area contributed by atoms with Gasteiger partial charge in [0, 0.05) is 36.0 Å². The molecule has 0 bridgehead atoms. The number of nitrogens with zero attached hydrogens (tertiary/aromatic N) is 2. The molecule has 0 spiro atoms. The van der Waals surface area contributed by atoms with Crippen LogP contribution < -0.4 is 0 Å². The van der Waals surface area contributed by atoms with E-state index in [0.717, 1.165) is 27.9 Å². The fourth-order valence-electron chi connectivity index (χ4n) is 3.41. The van der Waals surface area contributed by atoms with E-state index in [2.05, 4.69) is 43.5 Å². The molecule has 1 aromatic carbocycles. The van der Waals surface area contributed by atoms with Gasteiger partial charge in [-0.25, -0.2) is 15.7 Å². The molecule has 7 heteroatoms. The summed E-state index contributed by atoms with van der Waals surface area (Å²) in [5.74, 6) is 0.605. The average Bonchev–Trinajstić information content (AvgIpc) is 3.20. The number of esters is 1. The minimum absolute atomic E-state index is 0.172. The van der Waals surface area contributed by atoms with Gasteiger partial charge in [0.1, 0.15) is 5.75 Å². The van der Waals surface area contributed by atoms with E-state index in [9.17, 15) is 9.90 Å². The van der Waals surface area contributed by atoms with Crippen LogP contribution in [0.4, 0.5) is 0 Å². The van der Waals surface area contributed by atoms with Crippen LogP contribution in [0, 0.1) is 0 Å². The van der Waals surface area contributed by atoms with Gasteiger partial charge in [0.15, 0.2) is 0 Å². The van der Waals surface area contributed by atoms with Gasteiger partial charge < -0.3 is 19.3 Å². The number of aromatic nitrogens is 1. The zero-order valence-electron chi connectivity index (χ0n) is 16.0. The normalized spacial score (nSPS) is 14.7. The molecule has 0 aliphatic carbocycles. The van der Waals surface area contributed by atoms with E-state index in [1.54, 1.807) is 0 Å². The number of allylic oxidation sites excluding steroid dienone is 2. The first-order valence-corrected chi connectivity index (χ1v) is 11.2. The quantitative estimate of drug-likeness (QED) is 0.502. The summed E-state index contributed by atoms with van der Waals surface area (Å²) in [5, 5.41) is 15.9. The number of aromatic hydroxyl groups is 1. The van der Waals surface area contributed by atoms with Gasteiger partial charge in [-0.1, -0.05) is 12.2 Å². The van der Waals surface area contributed by atoms with Gasteiger partial charge >= 0.3 is 5.97 Å². The number of halogens is 1. The second-order valence-corrected chi connectivity index (χ2v) is 9.57. The minimum atomic E-state index is -0.441. The summed E-state index contributed by atoms with van der Waals surface area (Å²) >= 11 is 3.46. The summed E-state index contributed by atoms with van der Waals surface area (Å²) in [6.07, 6.45) is 4.11. The van der Waals surface area contributed by atoms with E-state index in [1.807, 2.05) is 39.0 Å². The number of phenolic OH excluding ortho intramolecular Hbond substituents is 1. The maximum atomic E-state index is 12.9. The number of benzene rings is 1. The molecular weight excluding hydrogens is 428 g/mol. The summed E-state index contributed by atoms with van der Waals surface area (Å²) in [6, 6.07) is 1.88. The highest BCUT2D eigenvalue weighted by Gasteiger charge is 2.27. The molecule has 0 saturated carbocycles. The Labute approximate surface area is 170 Å². The molecule has 0 radical (unpaired) electrons. The molecule has 3 rings (SSSR count). The molecule has 0 amide bonds. The second-order valence-electron chi connectivity index (χ2n) is 6.77. The van der Waals surface area contributed by atoms with E-state index < -0.39 is 10.9 Å². The van der Waals surface area contributed by atoms with Crippen LogP contribution in [0.15, 0.2) is 33.5 Å². The maximum absolute atomic E-state index is 12.9. The van der Waals surface area contributed by atoms with Gasteiger partial charge in [0.2, 0.25) is 0 Å². The van der Waals surface area contributed by atoms with Gasteiger partial charge in [-0.15, -0.1) is 0 Å². The lowest BCUT2D eigenvalue weighted by Crippen LogP contribution is -2.13. The number of carbonyl (C=O) groups is 1. The minimum Gasteiger partial charge on any atom is -0.506 e. The molecule has 1 aliphatic heterocycles. The SMILES string of the molecule is CCOC(=O)c1c(C[SH]2C=CC=C2)n(C)c2cc(Br)c(O)c(CN(C)C)c12. The van der Waals surface area contributed by atoms with E-state index >= 15 is 0 Å². The van der Waals surface area contributed by atoms with Crippen LogP contribution in [0.25, 0.3) is 10.9 Å². The number of fused-ring (bicyclic) bond motifs is 1. The molecule has 1 aliphatic rings.